The SMILES string of the molecule is CC(C)c1ccc(-c2[c-]cccc2)nc1.CC(C)c1ccc(-c2[c-]cccc2)nc1.CC(C)c1ccnc(-c2[c-]ccc3c2oc2ccccc23)c1.[Ir+3]. The molecule has 8 rings (SSSR count). The number of fused-ring (bicyclic) bond motifs is 3. The first kappa shape index (κ1) is 39.0. The minimum absolute atomic E-state index is 0. The maximum atomic E-state index is 6.07. The van der Waals surface area contributed by atoms with Gasteiger partial charge in [-0.25, -0.2) is 0 Å². The van der Waals surface area contributed by atoms with Gasteiger partial charge in [0, 0.05) is 24.0 Å². The third kappa shape index (κ3) is 9.81. The van der Waals surface area contributed by atoms with E-state index in [9.17, 15) is 0 Å². The largest absolute Gasteiger partial charge is 3.00 e. The molecule has 0 N–H and O–H groups in total. The van der Waals surface area contributed by atoms with Crippen LogP contribution in [0.5, 0.6) is 0 Å². The van der Waals surface area contributed by atoms with E-state index in [1.54, 1.807) is 0 Å². The van der Waals surface area contributed by atoms with Crippen LogP contribution in [-0.4, -0.2) is 15.0 Å². The summed E-state index contributed by atoms with van der Waals surface area (Å²) in [4.78, 5) is 13.4. The average Bonchev–Trinajstić information content (AvgIpc) is 3.58. The Morgan fingerprint density at radius 1 is 0.491 bits per heavy atom. The van der Waals surface area contributed by atoms with Gasteiger partial charge in [-0.2, -0.15) is 0 Å². The number of hydrogen-bond donors (Lipinski definition) is 0. The van der Waals surface area contributed by atoms with Crippen molar-refractivity contribution in [3.63, 3.8) is 0 Å². The number of furan rings is 1. The summed E-state index contributed by atoms with van der Waals surface area (Å²) in [5.41, 5.74) is 11.5. The predicted octanol–water partition coefficient (Wildman–Crippen LogP) is 12.9. The second kappa shape index (κ2) is 18.5. The molecule has 4 aromatic heterocycles. The molecule has 0 spiro atoms. The van der Waals surface area contributed by atoms with Crippen molar-refractivity contribution in [2.24, 2.45) is 0 Å². The number of aromatic nitrogens is 3. The number of pyridine rings is 3. The second-order valence-electron chi connectivity index (χ2n) is 13.6. The molecular weight excluding hydrogens is 827 g/mol. The minimum atomic E-state index is 0. The van der Waals surface area contributed by atoms with E-state index in [0.717, 1.165) is 55.7 Å². The standard InChI is InChI=1S/C20H16NO.2C14H14N.Ir/c1-13(2)14-10-11-21-18(12-14)17-8-5-7-16-15-6-3-4-9-19(15)22-20(16)17;2*1-11(2)13-8-9-14(15-10-13)12-6-4-3-5-7-12;/h3-7,9-13H,1-2H3;2*3-6,8-11H,1-2H3;/q3*-1;+3. The van der Waals surface area contributed by atoms with Crippen molar-refractivity contribution < 1.29 is 24.5 Å². The summed E-state index contributed by atoms with van der Waals surface area (Å²) in [6.45, 7) is 13.1. The Kier molecular flexibility index (Phi) is 13.6. The quantitative estimate of drug-likeness (QED) is 0.156. The number of para-hydroxylation sites is 1. The zero-order chi connectivity index (χ0) is 36.5. The fourth-order valence-electron chi connectivity index (χ4n) is 5.74. The maximum Gasteiger partial charge on any atom is 3.00 e. The van der Waals surface area contributed by atoms with Gasteiger partial charge in [0.25, 0.3) is 0 Å². The Balaban J connectivity index is 0.000000157. The molecule has 0 saturated heterocycles. The molecule has 0 fully saturated rings. The molecule has 0 aliphatic rings. The van der Waals surface area contributed by atoms with Crippen LogP contribution >= 0.6 is 0 Å². The van der Waals surface area contributed by atoms with E-state index in [4.69, 9.17) is 4.42 Å². The monoisotopic (exact) mass is 871 g/mol. The Morgan fingerprint density at radius 2 is 1.06 bits per heavy atom. The number of nitrogens with zero attached hydrogens (tertiary/aromatic N) is 3. The summed E-state index contributed by atoms with van der Waals surface area (Å²) in [5, 5.41) is 2.24. The average molecular weight is 871 g/mol. The van der Waals surface area contributed by atoms with Gasteiger partial charge in [0.1, 0.15) is 5.58 Å². The van der Waals surface area contributed by atoms with Gasteiger partial charge < -0.3 is 19.4 Å². The Bertz CT molecular complexity index is 2230. The molecule has 4 aromatic carbocycles. The van der Waals surface area contributed by atoms with Crippen molar-refractivity contribution in [3.05, 3.63) is 175 Å². The van der Waals surface area contributed by atoms with Crippen LogP contribution in [0.4, 0.5) is 0 Å². The molecule has 0 aliphatic carbocycles. The predicted molar refractivity (Wildman–Crippen MR) is 215 cm³/mol. The maximum absolute atomic E-state index is 6.07. The van der Waals surface area contributed by atoms with Crippen LogP contribution in [0.1, 0.15) is 76.0 Å². The van der Waals surface area contributed by atoms with Crippen LogP contribution in [0.15, 0.2) is 144 Å². The molecule has 4 nitrogen and oxygen atoms in total. The number of hydrogen-bond acceptors (Lipinski definition) is 4. The molecule has 5 heteroatoms. The van der Waals surface area contributed by atoms with Crippen molar-refractivity contribution >= 4 is 21.9 Å². The summed E-state index contributed by atoms with van der Waals surface area (Å²) >= 11 is 0. The summed E-state index contributed by atoms with van der Waals surface area (Å²) in [6.07, 6.45) is 5.75. The Hall–Kier alpha value is -5.22. The van der Waals surface area contributed by atoms with E-state index in [2.05, 4.69) is 123 Å². The topological polar surface area (TPSA) is 51.8 Å². The zero-order valence-corrected chi connectivity index (χ0v) is 33.5. The molecule has 0 bridgehead atoms. The van der Waals surface area contributed by atoms with Crippen molar-refractivity contribution in [1.82, 2.24) is 15.0 Å². The Morgan fingerprint density at radius 3 is 1.57 bits per heavy atom. The fourth-order valence-corrected chi connectivity index (χ4v) is 5.74. The molecule has 8 aromatic rings. The van der Waals surface area contributed by atoms with E-state index in [0.29, 0.717) is 17.8 Å². The van der Waals surface area contributed by atoms with Crippen molar-refractivity contribution in [2.45, 2.75) is 59.3 Å². The smallest absolute Gasteiger partial charge is 0.501 e. The van der Waals surface area contributed by atoms with Crippen LogP contribution < -0.4 is 0 Å². The third-order valence-electron chi connectivity index (χ3n) is 8.92. The molecule has 0 aliphatic heterocycles. The molecule has 266 valence electrons. The van der Waals surface area contributed by atoms with Gasteiger partial charge in [-0.15, -0.1) is 90.0 Å². The van der Waals surface area contributed by atoms with Gasteiger partial charge in [-0.3, -0.25) is 0 Å². The summed E-state index contributed by atoms with van der Waals surface area (Å²) in [5.74, 6) is 1.54. The molecule has 0 atom stereocenters. The van der Waals surface area contributed by atoms with Crippen LogP contribution in [0.2, 0.25) is 0 Å². The molecule has 0 amide bonds. The third-order valence-corrected chi connectivity index (χ3v) is 8.92. The van der Waals surface area contributed by atoms with Crippen molar-refractivity contribution in [3.8, 4) is 33.8 Å². The van der Waals surface area contributed by atoms with Crippen LogP contribution in [-0.2, 0) is 20.1 Å². The molecule has 4 heterocycles. The normalized spacial score (nSPS) is 10.8. The van der Waals surface area contributed by atoms with E-state index < -0.39 is 0 Å². The van der Waals surface area contributed by atoms with Crippen molar-refractivity contribution in [1.29, 1.82) is 0 Å². The molecule has 0 radical (unpaired) electrons. The van der Waals surface area contributed by atoms with Crippen LogP contribution in [0.25, 0.3) is 55.7 Å². The fraction of sp³-hybridized carbons (Fsp3) is 0.188. The van der Waals surface area contributed by atoms with Gasteiger partial charge in [0.2, 0.25) is 0 Å². The van der Waals surface area contributed by atoms with Crippen LogP contribution in [0.3, 0.4) is 0 Å². The van der Waals surface area contributed by atoms with E-state index >= 15 is 0 Å². The van der Waals surface area contributed by atoms with Gasteiger partial charge >= 0.3 is 20.1 Å². The second-order valence-corrected chi connectivity index (χ2v) is 13.6. The van der Waals surface area contributed by atoms with Gasteiger partial charge in [-0.1, -0.05) is 107 Å². The van der Waals surface area contributed by atoms with Crippen LogP contribution in [0, 0.1) is 18.2 Å². The molecular formula is C48H44IrN3O. The van der Waals surface area contributed by atoms with Gasteiger partial charge in [0.15, 0.2) is 0 Å². The van der Waals surface area contributed by atoms with Crippen molar-refractivity contribution in [2.75, 3.05) is 0 Å². The number of rotatable bonds is 6. The first-order chi connectivity index (χ1) is 25.3. The zero-order valence-electron chi connectivity index (χ0n) is 31.1. The van der Waals surface area contributed by atoms with E-state index in [1.807, 2.05) is 91.4 Å². The molecule has 53 heavy (non-hydrogen) atoms. The molecule has 0 unspecified atom stereocenters. The Labute approximate surface area is 327 Å². The first-order valence-corrected chi connectivity index (χ1v) is 17.9. The van der Waals surface area contributed by atoms with Gasteiger partial charge in [0.05, 0.1) is 5.58 Å². The first-order valence-electron chi connectivity index (χ1n) is 17.9. The number of benzene rings is 4. The minimum Gasteiger partial charge on any atom is -0.501 e. The van der Waals surface area contributed by atoms with Gasteiger partial charge in [-0.05, 0) is 58.1 Å². The summed E-state index contributed by atoms with van der Waals surface area (Å²) in [6, 6.07) is 50.1. The summed E-state index contributed by atoms with van der Waals surface area (Å²) < 4.78 is 6.07. The van der Waals surface area contributed by atoms with E-state index in [1.165, 1.54) is 16.7 Å². The summed E-state index contributed by atoms with van der Waals surface area (Å²) in [7, 11) is 0. The molecule has 0 saturated carbocycles. The van der Waals surface area contributed by atoms with E-state index in [-0.39, 0.29) is 20.1 Å².